The predicted molar refractivity (Wildman–Crippen MR) is 141 cm³/mol. The van der Waals surface area contributed by atoms with Gasteiger partial charge >= 0.3 is 5.69 Å². The third-order valence-electron chi connectivity index (χ3n) is 7.36. The predicted octanol–water partition coefficient (Wildman–Crippen LogP) is 5.05. The van der Waals surface area contributed by atoms with Crippen molar-refractivity contribution in [2.75, 3.05) is 6.61 Å². The van der Waals surface area contributed by atoms with Crippen molar-refractivity contribution in [2.24, 2.45) is 0 Å². The molecule has 1 saturated carbocycles. The minimum Gasteiger partial charge on any atom is -0.417 e. The van der Waals surface area contributed by atoms with Crippen LogP contribution in [0.15, 0.2) is 47.9 Å². The van der Waals surface area contributed by atoms with E-state index in [2.05, 4.69) is 56.0 Å². The Morgan fingerprint density at radius 3 is 2.66 bits per heavy atom. The molecular formula is C26H34N6O2Si. The molecule has 0 aliphatic heterocycles. The molecule has 0 amide bonds. The van der Waals surface area contributed by atoms with Gasteiger partial charge in [-0.05, 0) is 49.5 Å². The molecule has 0 atom stereocenters. The van der Waals surface area contributed by atoms with Crippen molar-refractivity contribution < 1.29 is 4.43 Å². The molecule has 0 saturated heterocycles. The number of hydrogen-bond acceptors (Lipinski definition) is 5. The summed E-state index contributed by atoms with van der Waals surface area (Å²) in [5, 5.41) is 0.195. The Morgan fingerprint density at radius 1 is 1.14 bits per heavy atom. The highest BCUT2D eigenvalue weighted by molar-refractivity contribution is 6.74. The second-order valence-corrected chi connectivity index (χ2v) is 15.7. The molecule has 35 heavy (non-hydrogen) atoms. The molecule has 0 spiro atoms. The van der Waals surface area contributed by atoms with Gasteiger partial charge in [-0.1, -0.05) is 26.8 Å². The third-order valence-corrected chi connectivity index (χ3v) is 11.9. The van der Waals surface area contributed by atoms with Crippen molar-refractivity contribution in [3.05, 3.63) is 65.0 Å². The van der Waals surface area contributed by atoms with Gasteiger partial charge in [-0.25, -0.2) is 9.78 Å². The molecule has 0 unspecified atom stereocenters. The average Bonchev–Trinajstić information content (AvgIpc) is 3.53. The Kier molecular flexibility index (Phi) is 6.00. The van der Waals surface area contributed by atoms with Crippen LogP contribution < -0.4 is 5.69 Å². The highest BCUT2D eigenvalue weighted by Gasteiger charge is 2.36. The number of pyridine rings is 1. The molecule has 0 radical (unpaired) electrons. The van der Waals surface area contributed by atoms with Crippen LogP contribution in [0.25, 0.3) is 22.8 Å². The molecule has 1 fully saturated rings. The fraction of sp³-hybridized carbons (Fsp3) is 0.462. The first kappa shape index (κ1) is 23.7. The number of aromatic nitrogens is 6. The van der Waals surface area contributed by atoms with Crippen molar-refractivity contribution >= 4 is 31.1 Å². The molecule has 1 aliphatic rings. The zero-order valence-electron chi connectivity index (χ0n) is 21.2. The fourth-order valence-electron chi connectivity index (χ4n) is 4.18. The van der Waals surface area contributed by atoms with Gasteiger partial charge in [-0.3, -0.25) is 23.5 Å². The van der Waals surface area contributed by atoms with Gasteiger partial charge in [0.1, 0.15) is 0 Å². The second-order valence-electron chi connectivity index (χ2n) is 10.9. The lowest BCUT2D eigenvalue weighted by Crippen LogP contribution is -2.40. The summed E-state index contributed by atoms with van der Waals surface area (Å²) in [4.78, 5) is 26.7. The largest absolute Gasteiger partial charge is 0.417 e. The first-order valence-electron chi connectivity index (χ1n) is 12.3. The molecule has 184 valence electrons. The maximum atomic E-state index is 13.4. The zero-order valence-corrected chi connectivity index (χ0v) is 22.2. The normalized spacial score (nSPS) is 15.1. The van der Waals surface area contributed by atoms with Gasteiger partial charge in [-0.15, -0.1) is 0 Å². The Bertz CT molecular complexity index is 1450. The highest BCUT2D eigenvalue weighted by atomic mass is 28.4. The minimum atomic E-state index is -1.77. The zero-order chi connectivity index (χ0) is 24.8. The van der Waals surface area contributed by atoms with Gasteiger partial charge in [0.25, 0.3) is 0 Å². The minimum absolute atomic E-state index is 0.00313. The maximum absolute atomic E-state index is 13.4. The van der Waals surface area contributed by atoms with Gasteiger partial charge < -0.3 is 4.43 Å². The Labute approximate surface area is 206 Å². The van der Waals surface area contributed by atoms with Gasteiger partial charge in [0.2, 0.25) is 0 Å². The number of fused-ring (bicyclic) bond motifs is 2. The molecule has 0 bridgehead atoms. The van der Waals surface area contributed by atoms with Crippen LogP contribution in [0.3, 0.4) is 0 Å². The molecule has 0 aromatic carbocycles. The SMILES string of the molecule is CC(C)(C)[Si](C)(C)OCC/C=C/c1c(Cn2c(=O)n(C3CC3)c3ccncc32)nc2cnccn12. The van der Waals surface area contributed by atoms with Crippen LogP contribution in [-0.4, -0.2) is 43.4 Å². The lowest BCUT2D eigenvalue weighted by Gasteiger charge is -2.36. The smallest absolute Gasteiger partial charge is 0.329 e. The van der Waals surface area contributed by atoms with E-state index in [1.807, 2.05) is 21.2 Å². The summed E-state index contributed by atoms with van der Waals surface area (Å²) in [6, 6.07) is 2.22. The van der Waals surface area contributed by atoms with Crippen molar-refractivity contribution in [1.82, 2.24) is 28.5 Å². The van der Waals surface area contributed by atoms with Crippen LogP contribution in [-0.2, 0) is 11.0 Å². The molecular weight excluding hydrogens is 456 g/mol. The first-order valence-corrected chi connectivity index (χ1v) is 15.2. The molecule has 8 nitrogen and oxygen atoms in total. The average molecular weight is 491 g/mol. The molecule has 1 aliphatic carbocycles. The van der Waals surface area contributed by atoms with E-state index in [0.717, 1.165) is 47.3 Å². The van der Waals surface area contributed by atoms with Crippen LogP contribution in [0.1, 0.15) is 57.5 Å². The Morgan fingerprint density at radius 2 is 1.91 bits per heavy atom. The summed E-state index contributed by atoms with van der Waals surface area (Å²) in [5.74, 6) is 0. The van der Waals surface area contributed by atoms with Gasteiger partial charge in [0.15, 0.2) is 14.0 Å². The van der Waals surface area contributed by atoms with E-state index in [9.17, 15) is 4.79 Å². The summed E-state index contributed by atoms with van der Waals surface area (Å²) in [6.07, 6.45) is 16.1. The number of nitrogens with zero attached hydrogens (tertiary/aromatic N) is 6. The van der Waals surface area contributed by atoms with E-state index in [4.69, 9.17) is 9.41 Å². The summed E-state index contributed by atoms with van der Waals surface area (Å²) >= 11 is 0. The highest BCUT2D eigenvalue weighted by Crippen LogP contribution is 2.37. The van der Waals surface area contributed by atoms with Crippen molar-refractivity contribution in [3.63, 3.8) is 0 Å². The van der Waals surface area contributed by atoms with Crippen molar-refractivity contribution in [1.29, 1.82) is 0 Å². The van der Waals surface area contributed by atoms with Crippen molar-refractivity contribution in [2.45, 2.75) is 70.8 Å². The van der Waals surface area contributed by atoms with E-state index in [0.29, 0.717) is 19.2 Å². The van der Waals surface area contributed by atoms with E-state index in [-0.39, 0.29) is 10.7 Å². The topological polar surface area (TPSA) is 79.2 Å². The van der Waals surface area contributed by atoms with Crippen LogP contribution in [0.4, 0.5) is 0 Å². The van der Waals surface area contributed by atoms with E-state index in [1.165, 1.54) is 0 Å². The maximum Gasteiger partial charge on any atom is 0.329 e. The Hall–Kier alpha value is -3.04. The van der Waals surface area contributed by atoms with E-state index in [1.54, 1.807) is 29.4 Å². The fourth-order valence-corrected chi connectivity index (χ4v) is 5.24. The molecule has 4 aromatic heterocycles. The van der Waals surface area contributed by atoms with Crippen LogP contribution in [0.5, 0.6) is 0 Å². The third kappa shape index (κ3) is 4.50. The van der Waals surface area contributed by atoms with Crippen LogP contribution in [0.2, 0.25) is 18.1 Å². The summed E-state index contributed by atoms with van der Waals surface area (Å²) in [7, 11) is -1.77. The second kappa shape index (κ2) is 8.87. The van der Waals surface area contributed by atoms with E-state index < -0.39 is 8.32 Å². The molecule has 5 rings (SSSR count). The van der Waals surface area contributed by atoms with Crippen molar-refractivity contribution in [3.8, 4) is 0 Å². The molecule has 4 heterocycles. The molecule has 9 heteroatoms. The van der Waals surface area contributed by atoms with Gasteiger partial charge in [-0.2, -0.15) is 0 Å². The summed E-state index contributed by atoms with van der Waals surface area (Å²) in [6.45, 7) is 12.4. The molecule has 4 aromatic rings. The quantitative estimate of drug-likeness (QED) is 0.255. The van der Waals surface area contributed by atoms with Crippen LogP contribution in [0, 0.1) is 0 Å². The number of hydrogen-bond donors (Lipinski definition) is 0. The van der Waals surface area contributed by atoms with Crippen LogP contribution >= 0.6 is 0 Å². The first-order chi connectivity index (χ1) is 16.7. The van der Waals surface area contributed by atoms with Gasteiger partial charge in [0.05, 0.1) is 41.4 Å². The number of rotatable bonds is 8. The summed E-state index contributed by atoms with van der Waals surface area (Å²) in [5.41, 5.74) is 4.34. The Balaban J connectivity index is 1.44. The lowest BCUT2D eigenvalue weighted by molar-refractivity contribution is 0.294. The monoisotopic (exact) mass is 490 g/mol. The van der Waals surface area contributed by atoms with E-state index >= 15 is 0 Å². The number of imidazole rings is 2. The van der Waals surface area contributed by atoms with Gasteiger partial charge in [0, 0.05) is 31.2 Å². The standard InChI is InChI=1S/C26H34N6O2Si/c1-26(2,3)35(4,5)34-15-7-6-8-21-20(29-24-17-28-13-14-30(21)24)18-31-23-16-27-12-11-22(23)32(25(31)33)19-9-10-19/h6,8,11-14,16-17,19H,7,9-10,15,18H2,1-5H3/b8-6+. The molecule has 0 N–H and O–H groups in total. The lowest BCUT2D eigenvalue weighted by atomic mass is 10.2. The summed E-state index contributed by atoms with van der Waals surface area (Å²) < 4.78 is 12.1.